The molecule has 1 saturated heterocycles. The van der Waals surface area contributed by atoms with Gasteiger partial charge in [0.1, 0.15) is 0 Å². The zero-order valence-electron chi connectivity index (χ0n) is 8.99. The minimum absolute atomic E-state index is 0.259. The highest BCUT2D eigenvalue weighted by Gasteiger charge is 2.31. The van der Waals surface area contributed by atoms with E-state index in [2.05, 4.69) is 5.32 Å². The molecule has 1 aliphatic heterocycles. The molecule has 1 unspecified atom stereocenters. The van der Waals surface area contributed by atoms with Crippen LogP contribution in [-0.4, -0.2) is 44.7 Å². The molecule has 0 amide bonds. The first kappa shape index (κ1) is 11.9. The molecule has 0 saturated carbocycles. The monoisotopic (exact) mass is 220 g/mol. The van der Waals surface area contributed by atoms with Crippen molar-refractivity contribution in [3.8, 4) is 0 Å². The van der Waals surface area contributed by atoms with Crippen LogP contribution in [-0.2, 0) is 10.0 Å². The minimum Gasteiger partial charge on any atom is -0.318 e. The maximum atomic E-state index is 12.0. The summed E-state index contributed by atoms with van der Waals surface area (Å²) in [7, 11) is -1.25. The third-order valence-corrected chi connectivity index (χ3v) is 5.16. The number of rotatable bonds is 5. The van der Waals surface area contributed by atoms with Crippen molar-refractivity contribution in [2.75, 3.05) is 26.7 Å². The quantitative estimate of drug-likeness (QED) is 0.730. The number of nitrogens with one attached hydrogen (secondary N) is 1. The first-order valence-corrected chi connectivity index (χ1v) is 6.76. The van der Waals surface area contributed by atoms with Gasteiger partial charge in [-0.2, -0.15) is 0 Å². The van der Waals surface area contributed by atoms with Gasteiger partial charge in [0.25, 0.3) is 0 Å². The number of sulfonamides is 1. The van der Waals surface area contributed by atoms with E-state index in [4.69, 9.17) is 0 Å². The third kappa shape index (κ3) is 2.46. The van der Waals surface area contributed by atoms with E-state index in [-0.39, 0.29) is 5.25 Å². The molecule has 1 N–H and O–H groups in total. The van der Waals surface area contributed by atoms with E-state index in [9.17, 15) is 8.42 Å². The summed E-state index contributed by atoms with van der Waals surface area (Å²) in [5.41, 5.74) is 0. The summed E-state index contributed by atoms with van der Waals surface area (Å²) in [6.45, 7) is 3.90. The molecule has 1 atom stereocenters. The summed E-state index contributed by atoms with van der Waals surface area (Å²) in [5.74, 6) is 0. The Morgan fingerprint density at radius 2 is 1.93 bits per heavy atom. The summed E-state index contributed by atoms with van der Waals surface area (Å²) in [6.07, 6.45) is 2.70. The van der Waals surface area contributed by atoms with E-state index in [0.717, 1.165) is 12.8 Å². The second kappa shape index (κ2) is 5.09. The number of hydrogen-bond donors (Lipinski definition) is 1. The number of nitrogens with zero attached hydrogens (tertiary/aromatic N) is 1. The van der Waals surface area contributed by atoms with Crippen molar-refractivity contribution in [2.24, 2.45) is 0 Å². The van der Waals surface area contributed by atoms with Gasteiger partial charge >= 0.3 is 0 Å². The maximum absolute atomic E-state index is 12.0. The molecule has 1 fully saturated rings. The lowest BCUT2D eigenvalue weighted by molar-refractivity contribution is 0.459. The largest absolute Gasteiger partial charge is 0.318 e. The SMILES string of the molecule is CCC(CNC)S(=O)(=O)N1CCCC1. The Bertz CT molecular complexity index is 258. The van der Waals surface area contributed by atoms with Crippen molar-refractivity contribution in [3.05, 3.63) is 0 Å². The molecule has 1 aliphatic rings. The lowest BCUT2D eigenvalue weighted by atomic mass is 10.3. The van der Waals surface area contributed by atoms with Gasteiger partial charge in [0.05, 0.1) is 5.25 Å². The van der Waals surface area contributed by atoms with E-state index in [1.165, 1.54) is 0 Å². The standard InChI is InChI=1S/C9H20N2O2S/c1-3-9(8-10-2)14(12,13)11-6-4-5-7-11/h9-10H,3-8H2,1-2H3. The summed E-state index contributed by atoms with van der Waals surface area (Å²) in [5, 5.41) is 2.68. The van der Waals surface area contributed by atoms with Crippen molar-refractivity contribution in [3.63, 3.8) is 0 Å². The molecule has 4 nitrogen and oxygen atoms in total. The van der Waals surface area contributed by atoms with E-state index >= 15 is 0 Å². The Morgan fingerprint density at radius 1 is 1.36 bits per heavy atom. The van der Waals surface area contributed by atoms with Crippen molar-refractivity contribution < 1.29 is 8.42 Å². The zero-order chi connectivity index (χ0) is 10.6. The van der Waals surface area contributed by atoms with Gasteiger partial charge in [0.15, 0.2) is 0 Å². The summed E-state index contributed by atoms with van der Waals surface area (Å²) < 4.78 is 25.7. The van der Waals surface area contributed by atoms with Gasteiger partial charge in [-0.15, -0.1) is 0 Å². The highest BCUT2D eigenvalue weighted by atomic mass is 32.2. The molecule has 0 aromatic rings. The lowest BCUT2D eigenvalue weighted by Crippen LogP contribution is -2.41. The Hall–Kier alpha value is -0.130. The van der Waals surface area contributed by atoms with Gasteiger partial charge in [-0.1, -0.05) is 6.92 Å². The van der Waals surface area contributed by atoms with E-state index in [1.807, 2.05) is 6.92 Å². The van der Waals surface area contributed by atoms with Crippen LogP contribution in [0.4, 0.5) is 0 Å². The molecule has 1 rings (SSSR count). The predicted octanol–water partition coefficient (Wildman–Crippen LogP) is 0.410. The third-order valence-electron chi connectivity index (χ3n) is 2.73. The summed E-state index contributed by atoms with van der Waals surface area (Å²) in [4.78, 5) is 0. The van der Waals surface area contributed by atoms with Gasteiger partial charge in [0.2, 0.25) is 10.0 Å². The molecule has 0 radical (unpaired) electrons. The van der Waals surface area contributed by atoms with Crippen LogP contribution in [0.25, 0.3) is 0 Å². The predicted molar refractivity (Wildman–Crippen MR) is 57.7 cm³/mol. The fourth-order valence-electron chi connectivity index (χ4n) is 1.84. The second-order valence-corrected chi connectivity index (χ2v) is 5.95. The zero-order valence-corrected chi connectivity index (χ0v) is 9.81. The molecule has 1 heterocycles. The van der Waals surface area contributed by atoms with Crippen LogP contribution < -0.4 is 5.32 Å². The summed E-state index contributed by atoms with van der Waals surface area (Å²) in [6, 6.07) is 0. The van der Waals surface area contributed by atoms with Gasteiger partial charge in [-0.05, 0) is 26.3 Å². The molecule has 0 spiro atoms. The fourth-order valence-corrected chi connectivity index (χ4v) is 3.83. The molecule has 84 valence electrons. The van der Waals surface area contributed by atoms with E-state index < -0.39 is 10.0 Å². The van der Waals surface area contributed by atoms with Crippen LogP contribution in [0, 0.1) is 0 Å². The first-order chi connectivity index (χ1) is 6.62. The van der Waals surface area contributed by atoms with Crippen LogP contribution in [0.5, 0.6) is 0 Å². The maximum Gasteiger partial charge on any atom is 0.218 e. The average molecular weight is 220 g/mol. The van der Waals surface area contributed by atoms with Crippen molar-refractivity contribution in [1.82, 2.24) is 9.62 Å². The molecular weight excluding hydrogens is 200 g/mol. The highest BCUT2D eigenvalue weighted by molar-refractivity contribution is 7.89. The molecule has 14 heavy (non-hydrogen) atoms. The summed E-state index contributed by atoms with van der Waals surface area (Å²) >= 11 is 0. The molecule has 0 aliphatic carbocycles. The molecule has 0 bridgehead atoms. The molecule has 0 aromatic heterocycles. The van der Waals surface area contributed by atoms with Crippen molar-refractivity contribution in [2.45, 2.75) is 31.4 Å². The van der Waals surface area contributed by atoms with Crippen molar-refractivity contribution in [1.29, 1.82) is 0 Å². The van der Waals surface area contributed by atoms with Gasteiger partial charge in [0, 0.05) is 19.6 Å². The van der Waals surface area contributed by atoms with Crippen LogP contribution in [0.1, 0.15) is 26.2 Å². The smallest absolute Gasteiger partial charge is 0.218 e. The van der Waals surface area contributed by atoms with E-state index in [1.54, 1.807) is 11.4 Å². The van der Waals surface area contributed by atoms with Crippen LogP contribution >= 0.6 is 0 Å². The molecular formula is C9H20N2O2S. The molecule has 0 aromatic carbocycles. The Kier molecular flexibility index (Phi) is 4.34. The highest BCUT2D eigenvalue weighted by Crippen LogP contribution is 2.18. The van der Waals surface area contributed by atoms with E-state index in [0.29, 0.717) is 26.1 Å². The van der Waals surface area contributed by atoms with Gasteiger partial charge in [-0.3, -0.25) is 0 Å². The lowest BCUT2D eigenvalue weighted by Gasteiger charge is -2.22. The van der Waals surface area contributed by atoms with Crippen LogP contribution in [0.3, 0.4) is 0 Å². The van der Waals surface area contributed by atoms with Crippen LogP contribution in [0.2, 0.25) is 0 Å². The van der Waals surface area contributed by atoms with Gasteiger partial charge < -0.3 is 5.32 Å². The fraction of sp³-hybridized carbons (Fsp3) is 1.00. The molecule has 5 heteroatoms. The Balaban J connectivity index is 2.70. The Morgan fingerprint density at radius 3 is 2.36 bits per heavy atom. The topological polar surface area (TPSA) is 49.4 Å². The average Bonchev–Trinajstić information content (AvgIpc) is 2.66. The second-order valence-electron chi connectivity index (χ2n) is 3.74. The van der Waals surface area contributed by atoms with Crippen LogP contribution in [0.15, 0.2) is 0 Å². The van der Waals surface area contributed by atoms with Gasteiger partial charge in [-0.25, -0.2) is 12.7 Å². The Labute approximate surface area is 86.7 Å². The van der Waals surface area contributed by atoms with Crippen molar-refractivity contribution >= 4 is 10.0 Å². The minimum atomic E-state index is -3.04. The first-order valence-electron chi connectivity index (χ1n) is 5.26. The normalized spacial score (nSPS) is 21.3. The number of hydrogen-bond acceptors (Lipinski definition) is 3.